The molecular weight excluding hydrogens is 293 g/mol. The Bertz CT molecular complexity index is 569. The van der Waals surface area contributed by atoms with Crippen LogP contribution in [0.1, 0.15) is 17.0 Å². The fourth-order valence-corrected chi connectivity index (χ4v) is 2.56. The Morgan fingerprint density at radius 2 is 1.70 bits per heavy atom. The number of rotatable bonds is 5. The van der Waals surface area contributed by atoms with Crippen LogP contribution in [0.4, 0.5) is 0 Å². The van der Waals surface area contributed by atoms with Gasteiger partial charge in [-0.3, -0.25) is 0 Å². The van der Waals surface area contributed by atoms with Crippen molar-refractivity contribution in [1.29, 1.82) is 0 Å². The van der Waals surface area contributed by atoms with Crippen LogP contribution in [-0.4, -0.2) is 13.7 Å². The molecule has 0 fully saturated rings. The van der Waals surface area contributed by atoms with Gasteiger partial charge >= 0.3 is 0 Å². The third-order valence-electron chi connectivity index (χ3n) is 3.31. The predicted molar refractivity (Wildman–Crippen MR) is 85.0 cm³/mol. The van der Waals surface area contributed by atoms with E-state index in [0.717, 1.165) is 22.8 Å². The van der Waals surface area contributed by atoms with Gasteiger partial charge in [-0.25, -0.2) is 0 Å². The summed E-state index contributed by atoms with van der Waals surface area (Å²) >= 11 is 12.0. The van der Waals surface area contributed by atoms with Crippen molar-refractivity contribution >= 4 is 23.2 Å². The monoisotopic (exact) mass is 309 g/mol. The van der Waals surface area contributed by atoms with Gasteiger partial charge in [-0.05, 0) is 48.9 Å². The molecule has 20 heavy (non-hydrogen) atoms. The Morgan fingerprint density at radius 3 is 2.30 bits per heavy atom. The van der Waals surface area contributed by atoms with Crippen LogP contribution in [0.15, 0.2) is 42.5 Å². The van der Waals surface area contributed by atoms with Gasteiger partial charge in [-0.1, -0.05) is 35.3 Å². The third-order valence-corrected chi connectivity index (χ3v) is 3.80. The SMILES string of the molecule is COc1ccc(Cl)cc1C(CN)Cc1ccc(Cl)cc1. The predicted octanol–water partition coefficient (Wildman–Crippen LogP) is 4.29. The molecule has 0 aliphatic heterocycles. The van der Waals surface area contributed by atoms with Gasteiger partial charge in [0.1, 0.15) is 5.75 Å². The Kier molecular flexibility index (Phi) is 5.30. The summed E-state index contributed by atoms with van der Waals surface area (Å²) in [5.74, 6) is 0.976. The lowest BCUT2D eigenvalue weighted by Crippen LogP contribution is -2.16. The van der Waals surface area contributed by atoms with Gasteiger partial charge in [-0.15, -0.1) is 0 Å². The number of hydrogen-bond donors (Lipinski definition) is 1. The van der Waals surface area contributed by atoms with E-state index in [4.69, 9.17) is 33.7 Å². The molecule has 106 valence electrons. The summed E-state index contributed by atoms with van der Waals surface area (Å²) in [7, 11) is 1.66. The molecular formula is C16H17Cl2NO. The highest BCUT2D eigenvalue weighted by molar-refractivity contribution is 6.30. The molecule has 0 saturated carbocycles. The minimum absolute atomic E-state index is 0.157. The molecule has 2 rings (SSSR count). The van der Waals surface area contributed by atoms with Gasteiger partial charge in [0.2, 0.25) is 0 Å². The van der Waals surface area contributed by atoms with Crippen molar-refractivity contribution in [2.24, 2.45) is 5.73 Å². The highest BCUT2D eigenvalue weighted by atomic mass is 35.5. The van der Waals surface area contributed by atoms with Gasteiger partial charge in [0.05, 0.1) is 7.11 Å². The van der Waals surface area contributed by atoms with Crippen molar-refractivity contribution in [3.8, 4) is 5.75 Å². The quantitative estimate of drug-likeness (QED) is 0.894. The summed E-state index contributed by atoms with van der Waals surface area (Å²) < 4.78 is 5.40. The molecule has 0 radical (unpaired) electrons. The van der Waals surface area contributed by atoms with Crippen molar-refractivity contribution in [3.05, 3.63) is 63.6 Å². The highest BCUT2D eigenvalue weighted by Crippen LogP contribution is 2.31. The second-order valence-corrected chi connectivity index (χ2v) is 5.52. The average molecular weight is 310 g/mol. The first kappa shape index (κ1) is 15.2. The molecule has 0 aromatic heterocycles. The van der Waals surface area contributed by atoms with Gasteiger partial charge in [0, 0.05) is 21.5 Å². The van der Waals surface area contributed by atoms with Crippen LogP contribution >= 0.6 is 23.2 Å². The second kappa shape index (κ2) is 6.98. The highest BCUT2D eigenvalue weighted by Gasteiger charge is 2.16. The maximum absolute atomic E-state index is 6.08. The largest absolute Gasteiger partial charge is 0.496 e. The van der Waals surface area contributed by atoms with E-state index in [1.165, 1.54) is 5.56 Å². The Balaban J connectivity index is 2.28. The lowest BCUT2D eigenvalue weighted by Gasteiger charge is -2.19. The molecule has 0 heterocycles. The molecule has 2 nitrogen and oxygen atoms in total. The van der Waals surface area contributed by atoms with Crippen LogP contribution in [0.3, 0.4) is 0 Å². The Labute approximate surface area is 129 Å². The molecule has 0 aliphatic carbocycles. The average Bonchev–Trinajstić information content (AvgIpc) is 2.46. The summed E-state index contributed by atoms with van der Waals surface area (Å²) in [6.45, 7) is 0.527. The van der Waals surface area contributed by atoms with Crippen molar-refractivity contribution in [2.45, 2.75) is 12.3 Å². The van der Waals surface area contributed by atoms with E-state index >= 15 is 0 Å². The van der Waals surface area contributed by atoms with Gasteiger partial charge in [0.25, 0.3) is 0 Å². The number of hydrogen-bond acceptors (Lipinski definition) is 2. The van der Waals surface area contributed by atoms with Crippen molar-refractivity contribution in [3.63, 3.8) is 0 Å². The molecule has 2 aromatic carbocycles. The minimum atomic E-state index is 0.157. The Morgan fingerprint density at radius 1 is 1.05 bits per heavy atom. The first-order chi connectivity index (χ1) is 9.63. The van der Waals surface area contributed by atoms with Crippen molar-refractivity contribution < 1.29 is 4.74 Å². The fraction of sp³-hybridized carbons (Fsp3) is 0.250. The molecule has 0 bridgehead atoms. The molecule has 0 spiro atoms. The van der Waals surface area contributed by atoms with E-state index in [2.05, 4.69) is 0 Å². The van der Waals surface area contributed by atoms with E-state index in [-0.39, 0.29) is 5.92 Å². The third kappa shape index (κ3) is 3.66. The summed E-state index contributed by atoms with van der Waals surface area (Å²) in [6.07, 6.45) is 0.824. The summed E-state index contributed by atoms with van der Waals surface area (Å²) in [4.78, 5) is 0. The van der Waals surface area contributed by atoms with E-state index in [0.29, 0.717) is 11.6 Å². The molecule has 1 atom stereocenters. The van der Waals surface area contributed by atoms with Gasteiger partial charge in [-0.2, -0.15) is 0 Å². The molecule has 0 amide bonds. The number of halogens is 2. The smallest absolute Gasteiger partial charge is 0.122 e. The second-order valence-electron chi connectivity index (χ2n) is 4.65. The standard InChI is InChI=1S/C16H17Cl2NO/c1-20-16-7-6-14(18)9-15(16)12(10-19)8-11-2-4-13(17)5-3-11/h2-7,9,12H,8,10,19H2,1H3. The van der Waals surface area contributed by atoms with Gasteiger partial charge in [0.15, 0.2) is 0 Å². The minimum Gasteiger partial charge on any atom is -0.496 e. The first-order valence-electron chi connectivity index (χ1n) is 6.42. The number of ether oxygens (including phenoxy) is 1. The molecule has 1 unspecified atom stereocenters. The van der Waals surface area contributed by atoms with Gasteiger partial charge < -0.3 is 10.5 Å². The fourth-order valence-electron chi connectivity index (χ4n) is 2.25. The van der Waals surface area contributed by atoms with E-state index in [1.807, 2.05) is 42.5 Å². The zero-order valence-corrected chi connectivity index (χ0v) is 12.8. The lowest BCUT2D eigenvalue weighted by atomic mass is 9.91. The topological polar surface area (TPSA) is 35.2 Å². The van der Waals surface area contributed by atoms with Crippen LogP contribution in [0.2, 0.25) is 10.0 Å². The number of nitrogens with two attached hydrogens (primary N) is 1. The van der Waals surface area contributed by atoms with E-state index in [1.54, 1.807) is 7.11 Å². The molecule has 4 heteroatoms. The lowest BCUT2D eigenvalue weighted by molar-refractivity contribution is 0.405. The summed E-state index contributed by atoms with van der Waals surface area (Å²) in [5, 5.41) is 1.42. The summed E-state index contributed by atoms with van der Waals surface area (Å²) in [5.41, 5.74) is 8.16. The molecule has 0 saturated heterocycles. The van der Waals surface area contributed by atoms with E-state index in [9.17, 15) is 0 Å². The number of benzene rings is 2. The maximum atomic E-state index is 6.08. The molecule has 2 N–H and O–H groups in total. The maximum Gasteiger partial charge on any atom is 0.122 e. The first-order valence-corrected chi connectivity index (χ1v) is 7.17. The van der Waals surface area contributed by atoms with Crippen LogP contribution in [-0.2, 0) is 6.42 Å². The van der Waals surface area contributed by atoms with Crippen LogP contribution < -0.4 is 10.5 Å². The van der Waals surface area contributed by atoms with Crippen LogP contribution in [0.5, 0.6) is 5.75 Å². The summed E-state index contributed by atoms with van der Waals surface area (Å²) in [6, 6.07) is 13.4. The molecule has 0 aliphatic rings. The normalized spacial score (nSPS) is 12.2. The Hall–Kier alpha value is -1.22. The van der Waals surface area contributed by atoms with Crippen molar-refractivity contribution in [2.75, 3.05) is 13.7 Å². The zero-order chi connectivity index (χ0) is 14.5. The van der Waals surface area contributed by atoms with Crippen LogP contribution in [0, 0.1) is 0 Å². The molecule has 2 aromatic rings. The zero-order valence-electron chi connectivity index (χ0n) is 11.3. The van der Waals surface area contributed by atoms with Crippen LogP contribution in [0.25, 0.3) is 0 Å². The van der Waals surface area contributed by atoms with E-state index < -0.39 is 0 Å². The van der Waals surface area contributed by atoms with Crippen molar-refractivity contribution in [1.82, 2.24) is 0 Å². The number of methoxy groups -OCH3 is 1.